The molecule has 65 heavy (non-hydrogen) atoms. The van der Waals surface area contributed by atoms with Crippen LogP contribution >= 0.6 is 0 Å². The van der Waals surface area contributed by atoms with Crippen molar-refractivity contribution in [3.05, 3.63) is 277 Å². The van der Waals surface area contributed by atoms with E-state index in [1.165, 1.54) is 55.5 Å². The van der Waals surface area contributed by atoms with E-state index < -0.39 is 5.41 Å². The van der Waals surface area contributed by atoms with Gasteiger partial charge in [-0.3, -0.25) is 0 Å². The molecule has 0 saturated heterocycles. The highest BCUT2D eigenvalue weighted by atomic mass is 14.9. The molecule has 1 aliphatic rings. The highest BCUT2D eigenvalue weighted by molar-refractivity contribution is 6.08. The SMILES string of the molecule is c1ccc(-c2ccc(-c3cc(-c4ccc(-c5cccc6c5-c5ccccc5C6(c5ccccc5)c5ccccc5)c5ccccc45)nc(-c4ccccc4)n3)c(-c3ccccc3)c2)cc1. The lowest BCUT2D eigenvalue weighted by atomic mass is 9.67. The lowest BCUT2D eigenvalue weighted by Crippen LogP contribution is -2.28. The Labute approximate surface area is 379 Å². The Morgan fingerprint density at radius 3 is 1.40 bits per heavy atom. The van der Waals surface area contributed by atoms with Crippen molar-refractivity contribution in [3.63, 3.8) is 0 Å². The normalized spacial score (nSPS) is 12.4. The second kappa shape index (κ2) is 16.0. The lowest BCUT2D eigenvalue weighted by Gasteiger charge is -2.34. The minimum absolute atomic E-state index is 0.483. The number of fused-ring (bicyclic) bond motifs is 4. The predicted octanol–water partition coefficient (Wildman–Crippen LogP) is 16.0. The Balaban J connectivity index is 1.07. The van der Waals surface area contributed by atoms with E-state index in [-0.39, 0.29) is 0 Å². The summed E-state index contributed by atoms with van der Waals surface area (Å²) in [6, 6.07) is 91.9. The van der Waals surface area contributed by atoms with Crippen molar-refractivity contribution in [1.82, 2.24) is 9.97 Å². The smallest absolute Gasteiger partial charge is 0.160 e. The van der Waals surface area contributed by atoms with Crippen LogP contribution in [-0.2, 0) is 5.41 Å². The quantitative estimate of drug-likeness (QED) is 0.152. The highest BCUT2D eigenvalue weighted by Crippen LogP contribution is 2.58. The molecule has 0 spiro atoms. The van der Waals surface area contributed by atoms with Crippen LogP contribution < -0.4 is 0 Å². The van der Waals surface area contributed by atoms with Crippen LogP contribution in [0.3, 0.4) is 0 Å². The van der Waals surface area contributed by atoms with Crippen molar-refractivity contribution in [2.75, 3.05) is 0 Å². The first-order valence-corrected chi connectivity index (χ1v) is 22.3. The number of hydrogen-bond donors (Lipinski definition) is 0. The van der Waals surface area contributed by atoms with Gasteiger partial charge in [-0.2, -0.15) is 0 Å². The number of aromatic nitrogens is 2. The van der Waals surface area contributed by atoms with Crippen molar-refractivity contribution in [3.8, 4) is 78.4 Å². The summed E-state index contributed by atoms with van der Waals surface area (Å²) in [5.41, 5.74) is 19.0. The first-order valence-electron chi connectivity index (χ1n) is 22.3. The van der Waals surface area contributed by atoms with Gasteiger partial charge in [0.2, 0.25) is 0 Å². The maximum atomic E-state index is 5.38. The van der Waals surface area contributed by atoms with Crippen LogP contribution in [0.2, 0.25) is 0 Å². The molecular weight excluding hydrogens is 785 g/mol. The molecule has 0 aliphatic heterocycles. The van der Waals surface area contributed by atoms with Crippen LogP contribution in [0.1, 0.15) is 22.3 Å². The molecule has 0 N–H and O–H groups in total. The number of benzene rings is 10. The zero-order valence-electron chi connectivity index (χ0n) is 35.6. The summed E-state index contributed by atoms with van der Waals surface area (Å²) in [5, 5.41) is 2.31. The highest BCUT2D eigenvalue weighted by Gasteiger charge is 2.46. The molecule has 0 atom stereocenters. The van der Waals surface area contributed by atoms with E-state index in [1.807, 2.05) is 6.07 Å². The fourth-order valence-electron chi connectivity index (χ4n) is 10.3. The minimum atomic E-state index is -0.483. The van der Waals surface area contributed by atoms with Gasteiger partial charge in [0.25, 0.3) is 0 Å². The Kier molecular flexibility index (Phi) is 9.43. The molecule has 11 aromatic rings. The third-order valence-electron chi connectivity index (χ3n) is 13.2. The van der Waals surface area contributed by atoms with Crippen LogP contribution in [0.5, 0.6) is 0 Å². The minimum Gasteiger partial charge on any atom is -0.228 e. The summed E-state index contributed by atoms with van der Waals surface area (Å²) >= 11 is 0. The van der Waals surface area contributed by atoms with E-state index in [0.29, 0.717) is 5.82 Å². The van der Waals surface area contributed by atoms with E-state index >= 15 is 0 Å². The predicted molar refractivity (Wildman–Crippen MR) is 269 cm³/mol. The first-order chi connectivity index (χ1) is 32.3. The van der Waals surface area contributed by atoms with Crippen LogP contribution in [-0.4, -0.2) is 9.97 Å². The Bertz CT molecular complexity index is 3470. The van der Waals surface area contributed by atoms with Gasteiger partial charge >= 0.3 is 0 Å². The fraction of sp³-hybridized carbons (Fsp3) is 0.0159. The Hall–Kier alpha value is -8.46. The van der Waals surface area contributed by atoms with E-state index in [9.17, 15) is 0 Å². The van der Waals surface area contributed by atoms with E-state index in [0.717, 1.165) is 50.2 Å². The number of rotatable bonds is 8. The summed E-state index contributed by atoms with van der Waals surface area (Å²) in [6.45, 7) is 0. The maximum absolute atomic E-state index is 5.38. The summed E-state index contributed by atoms with van der Waals surface area (Å²) in [5.74, 6) is 0.688. The van der Waals surface area contributed by atoms with Gasteiger partial charge in [-0.1, -0.05) is 243 Å². The van der Waals surface area contributed by atoms with Crippen molar-refractivity contribution >= 4 is 10.8 Å². The zero-order chi connectivity index (χ0) is 43.2. The lowest BCUT2D eigenvalue weighted by molar-refractivity contribution is 0.768. The van der Waals surface area contributed by atoms with Crippen LogP contribution in [0.25, 0.3) is 89.2 Å². The van der Waals surface area contributed by atoms with Gasteiger partial charge in [-0.25, -0.2) is 9.97 Å². The van der Waals surface area contributed by atoms with E-state index in [2.05, 4.69) is 249 Å². The standard InChI is InChI=1S/C63H42N2/c1-6-21-43(22-7-1)46-37-38-53(56(41-46)44-23-8-2-9-24-44)60-42-59(64-62(65-60)45-25-10-3-11-26-45)52-40-39-51(49-31-16-17-32-50(49)52)54-34-20-36-58-61(54)55-33-18-19-35-57(55)63(58,47-27-12-4-13-28-47)48-29-14-5-15-30-48/h1-42H. The Morgan fingerprint density at radius 2 is 0.738 bits per heavy atom. The molecule has 0 saturated carbocycles. The van der Waals surface area contributed by atoms with Gasteiger partial charge in [-0.15, -0.1) is 0 Å². The van der Waals surface area contributed by atoms with Gasteiger partial charge in [0.1, 0.15) is 0 Å². The maximum Gasteiger partial charge on any atom is 0.160 e. The summed E-state index contributed by atoms with van der Waals surface area (Å²) in [4.78, 5) is 10.7. The van der Waals surface area contributed by atoms with Crippen molar-refractivity contribution in [2.45, 2.75) is 5.41 Å². The summed E-state index contributed by atoms with van der Waals surface area (Å²) in [7, 11) is 0. The molecule has 2 heteroatoms. The second-order valence-corrected chi connectivity index (χ2v) is 16.8. The van der Waals surface area contributed by atoms with Gasteiger partial charge in [0.05, 0.1) is 16.8 Å². The molecule has 1 aromatic heterocycles. The molecular formula is C63H42N2. The van der Waals surface area contributed by atoms with Gasteiger partial charge < -0.3 is 0 Å². The van der Waals surface area contributed by atoms with Crippen molar-refractivity contribution < 1.29 is 0 Å². The van der Waals surface area contributed by atoms with Crippen molar-refractivity contribution in [2.24, 2.45) is 0 Å². The third-order valence-corrected chi connectivity index (χ3v) is 13.2. The van der Waals surface area contributed by atoms with Crippen LogP contribution in [0, 0.1) is 0 Å². The first kappa shape index (κ1) is 38.2. The summed E-state index contributed by atoms with van der Waals surface area (Å²) in [6.07, 6.45) is 0. The topological polar surface area (TPSA) is 25.8 Å². The zero-order valence-corrected chi connectivity index (χ0v) is 35.6. The third kappa shape index (κ3) is 6.41. The molecule has 2 nitrogen and oxygen atoms in total. The Morgan fingerprint density at radius 1 is 0.262 bits per heavy atom. The molecule has 304 valence electrons. The van der Waals surface area contributed by atoms with E-state index in [1.54, 1.807) is 0 Å². The monoisotopic (exact) mass is 826 g/mol. The average Bonchev–Trinajstić information content (AvgIpc) is 3.71. The van der Waals surface area contributed by atoms with Crippen LogP contribution in [0.15, 0.2) is 255 Å². The van der Waals surface area contributed by atoms with Crippen LogP contribution in [0.4, 0.5) is 0 Å². The van der Waals surface area contributed by atoms with E-state index in [4.69, 9.17) is 9.97 Å². The molecule has 1 aliphatic carbocycles. The molecule has 0 bridgehead atoms. The molecule has 1 heterocycles. The van der Waals surface area contributed by atoms with Gasteiger partial charge in [0, 0.05) is 16.7 Å². The number of hydrogen-bond acceptors (Lipinski definition) is 2. The molecule has 12 rings (SSSR count). The molecule has 0 fully saturated rings. The van der Waals surface area contributed by atoms with Gasteiger partial charge in [0.15, 0.2) is 5.82 Å². The number of nitrogens with zero attached hydrogens (tertiary/aromatic N) is 2. The van der Waals surface area contributed by atoms with Gasteiger partial charge in [-0.05, 0) is 89.7 Å². The average molecular weight is 827 g/mol. The fourth-order valence-corrected chi connectivity index (χ4v) is 10.3. The molecule has 0 radical (unpaired) electrons. The second-order valence-electron chi connectivity index (χ2n) is 16.8. The molecule has 0 amide bonds. The largest absolute Gasteiger partial charge is 0.228 e. The molecule has 10 aromatic carbocycles. The van der Waals surface area contributed by atoms with Crippen molar-refractivity contribution in [1.29, 1.82) is 0 Å². The summed E-state index contributed by atoms with van der Waals surface area (Å²) < 4.78 is 0. The molecule has 0 unspecified atom stereocenters.